The summed E-state index contributed by atoms with van der Waals surface area (Å²) in [7, 11) is 1.37. The summed E-state index contributed by atoms with van der Waals surface area (Å²) in [6.07, 6.45) is 0. The van der Waals surface area contributed by atoms with Crippen LogP contribution in [0, 0.1) is 13.8 Å². The third-order valence-electron chi connectivity index (χ3n) is 4.81. The van der Waals surface area contributed by atoms with E-state index in [1.807, 2.05) is 43.3 Å². The van der Waals surface area contributed by atoms with Gasteiger partial charge in [-0.15, -0.1) is 0 Å². The lowest BCUT2D eigenvalue weighted by Gasteiger charge is -2.24. The SMILES string of the molecule is COC(=O)c1ccc(C)c(NC(=S)N[C@H](c2ccccc2)c2ccccc2C)c1. The third-order valence-corrected chi connectivity index (χ3v) is 5.03. The van der Waals surface area contributed by atoms with E-state index in [-0.39, 0.29) is 12.0 Å². The Morgan fingerprint density at radius 2 is 1.62 bits per heavy atom. The van der Waals surface area contributed by atoms with Crippen LogP contribution in [0.3, 0.4) is 0 Å². The van der Waals surface area contributed by atoms with Gasteiger partial charge in [0, 0.05) is 5.69 Å². The summed E-state index contributed by atoms with van der Waals surface area (Å²) in [5.74, 6) is -0.381. The molecule has 0 aliphatic carbocycles. The van der Waals surface area contributed by atoms with Gasteiger partial charge in [-0.05, 0) is 60.5 Å². The molecule has 0 amide bonds. The number of rotatable bonds is 5. The molecule has 0 bridgehead atoms. The van der Waals surface area contributed by atoms with Crippen molar-refractivity contribution in [2.45, 2.75) is 19.9 Å². The molecule has 148 valence electrons. The van der Waals surface area contributed by atoms with Crippen molar-refractivity contribution in [1.29, 1.82) is 0 Å². The molecular weight excluding hydrogens is 380 g/mol. The molecule has 0 aliphatic rings. The summed E-state index contributed by atoms with van der Waals surface area (Å²) >= 11 is 5.61. The second kappa shape index (κ2) is 9.34. The maximum absolute atomic E-state index is 11.8. The van der Waals surface area contributed by atoms with Crippen molar-refractivity contribution < 1.29 is 9.53 Å². The van der Waals surface area contributed by atoms with E-state index in [2.05, 4.69) is 41.8 Å². The molecule has 0 spiro atoms. The summed E-state index contributed by atoms with van der Waals surface area (Å²) in [5, 5.41) is 7.14. The van der Waals surface area contributed by atoms with Crippen molar-refractivity contribution >= 4 is 29.0 Å². The largest absolute Gasteiger partial charge is 0.465 e. The number of nitrogens with one attached hydrogen (secondary N) is 2. The van der Waals surface area contributed by atoms with Crippen molar-refractivity contribution in [2.75, 3.05) is 12.4 Å². The lowest BCUT2D eigenvalue weighted by Crippen LogP contribution is -2.33. The molecule has 3 aromatic carbocycles. The van der Waals surface area contributed by atoms with Crippen LogP contribution in [-0.4, -0.2) is 18.2 Å². The number of ether oxygens (including phenoxy) is 1. The lowest BCUT2D eigenvalue weighted by atomic mass is 9.95. The average molecular weight is 405 g/mol. The molecule has 0 unspecified atom stereocenters. The minimum Gasteiger partial charge on any atom is -0.465 e. The Labute approximate surface area is 176 Å². The first-order chi connectivity index (χ1) is 14.0. The fourth-order valence-corrected chi connectivity index (χ4v) is 3.42. The number of hydrogen-bond donors (Lipinski definition) is 2. The Morgan fingerprint density at radius 3 is 2.31 bits per heavy atom. The van der Waals surface area contributed by atoms with Crippen molar-refractivity contribution in [1.82, 2.24) is 5.32 Å². The van der Waals surface area contributed by atoms with E-state index >= 15 is 0 Å². The molecule has 0 aromatic heterocycles. The first-order valence-electron chi connectivity index (χ1n) is 9.36. The van der Waals surface area contributed by atoms with Gasteiger partial charge in [0.1, 0.15) is 0 Å². The van der Waals surface area contributed by atoms with Crippen molar-refractivity contribution in [3.63, 3.8) is 0 Å². The van der Waals surface area contributed by atoms with Gasteiger partial charge in [0.2, 0.25) is 0 Å². The minimum atomic E-state index is -0.381. The molecule has 0 radical (unpaired) electrons. The van der Waals surface area contributed by atoms with Gasteiger partial charge in [-0.2, -0.15) is 0 Å². The number of thiocarbonyl (C=S) groups is 1. The first-order valence-corrected chi connectivity index (χ1v) is 9.77. The molecule has 0 heterocycles. The summed E-state index contributed by atoms with van der Waals surface area (Å²) in [6, 6.07) is 23.7. The predicted molar refractivity (Wildman–Crippen MR) is 121 cm³/mol. The van der Waals surface area contributed by atoms with Crippen molar-refractivity contribution in [3.05, 3.63) is 101 Å². The second-order valence-corrected chi connectivity index (χ2v) is 7.23. The van der Waals surface area contributed by atoms with E-state index in [4.69, 9.17) is 17.0 Å². The number of anilines is 1. The fraction of sp³-hybridized carbons (Fsp3) is 0.167. The molecule has 4 nitrogen and oxygen atoms in total. The highest BCUT2D eigenvalue weighted by atomic mass is 32.1. The van der Waals surface area contributed by atoms with E-state index in [9.17, 15) is 4.79 Å². The number of methoxy groups -OCH3 is 1. The molecule has 2 N–H and O–H groups in total. The van der Waals surface area contributed by atoms with Gasteiger partial charge < -0.3 is 15.4 Å². The summed E-state index contributed by atoms with van der Waals surface area (Å²) in [4.78, 5) is 11.8. The highest BCUT2D eigenvalue weighted by Crippen LogP contribution is 2.25. The number of carbonyl (C=O) groups excluding carboxylic acids is 1. The van der Waals surface area contributed by atoms with E-state index < -0.39 is 0 Å². The van der Waals surface area contributed by atoms with Crippen LogP contribution in [0.25, 0.3) is 0 Å². The molecule has 29 heavy (non-hydrogen) atoms. The first kappa shape index (κ1) is 20.6. The van der Waals surface area contributed by atoms with Crippen molar-refractivity contribution in [3.8, 4) is 0 Å². The van der Waals surface area contributed by atoms with Gasteiger partial charge in [0.15, 0.2) is 5.11 Å². The molecular formula is C24H24N2O2S. The zero-order valence-electron chi connectivity index (χ0n) is 16.7. The van der Waals surface area contributed by atoms with Crippen LogP contribution < -0.4 is 10.6 Å². The van der Waals surface area contributed by atoms with E-state index in [1.54, 1.807) is 12.1 Å². The van der Waals surface area contributed by atoms with E-state index in [1.165, 1.54) is 12.7 Å². The second-order valence-electron chi connectivity index (χ2n) is 6.82. The van der Waals surface area contributed by atoms with Crippen LogP contribution >= 0.6 is 12.2 Å². The maximum Gasteiger partial charge on any atom is 0.337 e. The molecule has 3 aromatic rings. The van der Waals surface area contributed by atoms with Crippen molar-refractivity contribution in [2.24, 2.45) is 0 Å². The fourth-order valence-electron chi connectivity index (χ4n) is 3.19. The van der Waals surface area contributed by atoms with E-state index in [0.717, 1.165) is 22.4 Å². The minimum absolute atomic E-state index is 0.0958. The van der Waals surface area contributed by atoms with Crippen LogP contribution in [0.5, 0.6) is 0 Å². The summed E-state index contributed by atoms with van der Waals surface area (Å²) in [5.41, 5.74) is 5.67. The Hall–Kier alpha value is -3.18. The Kier molecular flexibility index (Phi) is 6.62. The molecule has 1 atom stereocenters. The molecule has 0 fully saturated rings. The number of hydrogen-bond acceptors (Lipinski definition) is 3. The number of aryl methyl sites for hydroxylation is 2. The monoisotopic (exact) mass is 404 g/mol. The Balaban J connectivity index is 1.87. The van der Waals surface area contributed by atoms with Gasteiger partial charge >= 0.3 is 5.97 Å². The molecule has 0 aliphatic heterocycles. The normalized spacial score (nSPS) is 11.4. The molecule has 0 saturated heterocycles. The van der Waals surface area contributed by atoms with Crippen LogP contribution in [0.4, 0.5) is 5.69 Å². The Morgan fingerprint density at radius 1 is 0.931 bits per heavy atom. The molecule has 3 rings (SSSR count). The van der Waals surface area contributed by atoms with E-state index in [0.29, 0.717) is 10.7 Å². The van der Waals surface area contributed by atoms with Crippen LogP contribution in [0.15, 0.2) is 72.8 Å². The third kappa shape index (κ3) is 5.00. The topological polar surface area (TPSA) is 50.4 Å². The lowest BCUT2D eigenvalue weighted by molar-refractivity contribution is 0.0601. The van der Waals surface area contributed by atoms with Gasteiger partial charge in [-0.25, -0.2) is 4.79 Å². The van der Waals surface area contributed by atoms with Gasteiger partial charge in [0.25, 0.3) is 0 Å². The van der Waals surface area contributed by atoms with Crippen LogP contribution in [-0.2, 0) is 4.74 Å². The highest BCUT2D eigenvalue weighted by Gasteiger charge is 2.17. The number of esters is 1. The standard InChI is InChI=1S/C24H24N2O2S/c1-16-9-7-8-12-20(16)22(18-10-5-4-6-11-18)26-24(29)25-21-15-19(23(27)28-3)14-13-17(21)2/h4-15,22H,1-3H3,(H2,25,26,29)/t22-/m1/s1. The summed E-state index contributed by atoms with van der Waals surface area (Å²) in [6.45, 7) is 4.05. The van der Waals surface area contributed by atoms with Gasteiger partial charge in [-0.3, -0.25) is 0 Å². The zero-order valence-corrected chi connectivity index (χ0v) is 17.5. The number of carbonyl (C=O) groups is 1. The maximum atomic E-state index is 11.8. The van der Waals surface area contributed by atoms with Gasteiger partial charge in [0.05, 0.1) is 18.7 Å². The molecule has 0 saturated carbocycles. The Bertz CT molecular complexity index is 1020. The quantitative estimate of drug-likeness (QED) is 0.454. The highest BCUT2D eigenvalue weighted by molar-refractivity contribution is 7.80. The average Bonchev–Trinajstić information content (AvgIpc) is 2.74. The molecule has 5 heteroatoms. The number of benzene rings is 3. The van der Waals surface area contributed by atoms with Gasteiger partial charge in [-0.1, -0.05) is 60.7 Å². The predicted octanol–water partition coefficient (Wildman–Crippen LogP) is 5.17. The van der Waals surface area contributed by atoms with Crippen LogP contribution in [0.2, 0.25) is 0 Å². The summed E-state index contributed by atoms with van der Waals surface area (Å²) < 4.78 is 4.81. The zero-order chi connectivity index (χ0) is 20.8. The van der Waals surface area contributed by atoms with Crippen LogP contribution in [0.1, 0.15) is 38.7 Å². The smallest absolute Gasteiger partial charge is 0.337 e.